The van der Waals surface area contributed by atoms with E-state index in [1.165, 1.54) is 19.5 Å². The van der Waals surface area contributed by atoms with Crippen LogP contribution in [-0.4, -0.2) is 55.6 Å². The second-order valence-electron chi connectivity index (χ2n) is 5.54. The second kappa shape index (κ2) is 4.17. The molecule has 84 valence electrons. The van der Waals surface area contributed by atoms with Gasteiger partial charge in [0.15, 0.2) is 0 Å². The molecule has 0 aromatic heterocycles. The van der Waals surface area contributed by atoms with E-state index in [-0.39, 0.29) is 5.54 Å². The van der Waals surface area contributed by atoms with Gasteiger partial charge in [0.1, 0.15) is 0 Å². The van der Waals surface area contributed by atoms with E-state index in [2.05, 4.69) is 44.8 Å². The number of likely N-dealkylation sites (tertiary alicyclic amines) is 1. The van der Waals surface area contributed by atoms with Crippen molar-refractivity contribution < 1.29 is 0 Å². The summed E-state index contributed by atoms with van der Waals surface area (Å²) in [6, 6.07) is 0.479. The Morgan fingerprint density at radius 1 is 1.43 bits per heavy atom. The Morgan fingerprint density at radius 2 is 2.00 bits per heavy atom. The number of hydrogen-bond donors (Lipinski definition) is 1. The van der Waals surface area contributed by atoms with Crippen molar-refractivity contribution >= 4 is 0 Å². The molecule has 0 aliphatic carbocycles. The highest BCUT2D eigenvalue weighted by Crippen LogP contribution is 2.27. The van der Waals surface area contributed by atoms with Crippen molar-refractivity contribution in [1.29, 1.82) is 0 Å². The molecular formula is C11H25N3. The van der Waals surface area contributed by atoms with Gasteiger partial charge in [0.05, 0.1) is 0 Å². The van der Waals surface area contributed by atoms with Crippen LogP contribution in [0.4, 0.5) is 0 Å². The van der Waals surface area contributed by atoms with Crippen molar-refractivity contribution in [3.63, 3.8) is 0 Å². The number of rotatable bonds is 3. The van der Waals surface area contributed by atoms with Crippen molar-refractivity contribution in [1.82, 2.24) is 9.80 Å². The van der Waals surface area contributed by atoms with Crippen molar-refractivity contribution in [3.8, 4) is 0 Å². The quantitative estimate of drug-likeness (QED) is 0.723. The average molecular weight is 199 g/mol. The lowest BCUT2D eigenvalue weighted by atomic mass is 9.83. The molecule has 14 heavy (non-hydrogen) atoms. The summed E-state index contributed by atoms with van der Waals surface area (Å²) in [5.74, 6) is 0.718. The monoisotopic (exact) mass is 199 g/mol. The third-order valence-electron chi connectivity index (χ3n) is 3.19. The minimum atomic E-state index is -0.112. The van der Waals surface area contributed by atoms with Crippen LogP contribution >= 0.6 is 0 Å². The van der Waals surface area contributed by atoms with E-state index in [0.717, 1.165) is 5.92 Å². The second-order valence-corrected chi connectivity index (χ2v) is 5.54. The topological polar surface area (TPSA) is 32.5 Å². The van der Waals surface area contributed by atoms with Gasteiger partial charge in [-0.2, -0.15) is 0 Å². The first-order chi connectivity index (χ1) is 6.32. The Bertz CT molecular complexity index is 183. The Balaban J connectivity index is 2.69. The largest absolute Gasteiger partial charge is 0.324 e. The summed E-state index contributed by atoms with van der Waals surface area (Å²) < 4.78 is 0. The highest BCUT2D eigenvalue weighted by Gasteiger charge is 2.37. The van der Waals surface area contributed by atoms with Crippen molar-refractivity contribution in [2.45, 2.75) is 31.8 Å². The summed E-state index contributed by atoms with van der Waals surface area (Å²) in [4.78, 5) is 4.68. The molecule has 2 unspecified atom stereocenters. The summed E-state index contributed by atoms with van der Waals surface area (Å²) in [6.07, 6.45) is 1.28. The van der Waals surface area contributed by atoms with E-state index in [1.54, 1.807) is 0 Å². The van der Waals surface area contributed by atoms with E-state index in [0.29, 0.717) is 6.04 Å². The minimum Gasteiger partial charge on any atom is -0.324 e. The number of likely N-dealkylation sites (N-methyl/N-ethyl adjacent to an activating group) is 1. The highest BCUT2D eigenvalue weighted by molar-refractivity contribution is 4.96. The lowest BCUT2D eigenvalue weighted by Crippen LogP contribution is -2.56. The normalized spacial score (nSPS) is 27.2. The van der Waals surface area contributed by atoms with Gasteiger partial charge in [-0.25, -0.2) is 0 Å². The Morgan fingerprint density at radius 3 is 2.29 bits per heavy atom. The third-order valence-corrected chi connectivity index (χ3v) is 3.19. The van der Waals surface area contributed by atoms with Crippen LogP contribution in [-0.2, 0) is 0 Å². The zero-order valence-corrected chi connectivity index (χ0v) is 10.2. The summed E-state index contributed by atoms with van der Waals surface area (Å²) >= 11 is 0. The highest BCUT2D eigenvalue weighted by atomic mass is 15.2. The van der Waals surface area contributed by atoms with Crippen molar-refractivity contribution in [2.24, 2.45) is 11.7 Å². The average Bonchev–Trinajstić information content (AvgIpc) is 2.31. The molecule has 0 aromatic rings. The predicted molar refractivity (Wildman–Crippen MR) is 61.3 cm³/mol. The Labute approximate surface area is 88.2 Å². The molecule has 1 saturated heterocycles. The smallest absolute Gasteiger partial charge is 0.0305 e. The molecule has 3 nitrogen and oxygen atoms in total. The van der Waals surface area contributed by atoms with E-state index in [1.807, 2.05) is 0 Å². The van der Waals surface area contributed by atoms with Crippen LogP contribution in [0.2, 0.25) is 0 Å². The summed E-state index contributed by atoms with van der Waals surface area (Å²) in [6.45, 7) is 6.67. The molecule has 1 rings (SSSR count). The van der Waals surface area contributed by atoms with Crippen LogP contribution in [0.25, 0.3) is 0 Å². The maximum atomic E-state index is 6.25. The number of hydrogen-bond acceptors (Lipinski definition) is 3. The first-order valence-corrected chi connectivity index (χ1v) is 5.46. The standard InChI is InChI=1S/C11H25N3/c1-11(2,12)10(13(3)4)9-6-7-14(5)8-9/h9-10H,6-8,12H2,1-5H3. The van der Waals surface area contributed by atoms with Crippen LogP contribution in [0.1, 0.15) is 20.3 Å². The SMILES string of the molecule is CN1CCC(C(N(C)C)C(C)(C)N)C1. The minimum absolute atomic E-state index is 0.112. The van der Waals surface area contributed by atoms with Gasteiger partial charge in [0.25, 0.3) is 0 Å². The molecule has 0 aromatic carbocycles. The van der Waals surface area contributed by atoms with Crippen LogP contribution in [0.5, 0.6) is 0 Å². The van der Waals surface area contributed by atoms with E-state index in [9.17, 15) is 0 Å². The van der Waals surface area contributed by atoms with Gasteiger partial charge >= 0.3 is 0 Å². The maximum absolute atomic E-state index is 6.25. The van der Waals surface area contributed by atoms with E-state index in [4.69, 9.17) is 5.73 Å². The summed E-state index contributed by atoms with van der Waals surface area (Å²) in [5.41, 5.74) is 6.13. The first kappa shape index (κ1) is 12.0. The van der Waals surface area contributed by atoms with E-state index < -0.39 is 0 Å². The molecular weight excluding hydrogens is 174 g/mol. The van der Waals surface area contributed by atoms with Crippen LogP contribution in [0, 0.1) is 5.92 Å². The van der Waals surface area contributed by atoms with E-state index >= 15 is 0 Å². The Kier molecular flexibility index (Phi) is 3.56. The van der Waals surface area contributed by atoms with Gasteiger partial charge < -0.3 is 15.5 Å². The zero-order valence-electron chi connectivity index (χ0n) is 10.2. The molecule has 1 fully saturated rings. The van der Waals surface area contributed by atoms with Crippen LogP contribution in [0.3, 0.4) is 0 Å². The molecule has 0 bridgehead atoms. The predicted octanol–water partition coefficient (Wildman–Crippen LogP) is 0.606. The lowest BCUT2D eigenvalue weighted by molar-refractivity contribution is 0.137. The molecule has 1 aliphatic rings. The maximum Gasteiger partial charge on any atom is 0.0305 e. The van der Waals surface area contributed by atoms with Crippen LogP contribution in [0.15, 0.2) is 0 Å². The van der Waals surface area contributed by atoms with Gasteiger partial charge in [-0.15, -0.1) is 0 Å². The molecule has 2 atom stereocenters. The van der Waals surface area contributed by atoms with Gasteiger partial charge in [-0.05, 0) is 53.9 Å². The number of nitrogens with zero attached hydrogens (tertiary/aromatic N) is 2. The fourth-order valence-corrected chi connectivity index (χ4v) is 2.92. The fraction of sp³-hybridized carbons (Fsp3) is 1.00. The van der Waals surface area contributed by atoms with Gasteiger partial charge in [-0.1, -0.05) is 0 Å². The Hall–Kier alpha value is -0.120. The molecule has 2 N–H and O–H groups in total. The van der Waals surface area contributed by atoms with Crippen molar-refractivity contribution in [3.05, 3.63) is 0 Å². The van der Waals surface area contributed by atoms with Gasteiger partial charge in [0, 0.05) is 18.1 Å². The molecule has 1 heterocycles. The van der Waals surface area contributed by atoms with Crippen molar-refractivity contribution in [2.75, 3.05) is 34.2 Å². The summed E-state index contributed by atoms with van der Waals surface area (Å²) in [7, 11) is 6.46. The lowest BCUT2D eigenvalue weighted by Gasteiger charge is -2.40. The van der Waals surface area contributed by atoms with Gasteiger partial charge in [-0.3, -0.25) is 0 Å². The molecule has 0 saturated carbocycles. The first-order valence-electron chi connectivity index (χ1n) is 5.46. The molecule has 0 radical (unpaired) electrons. The fourth-order valence-electron chi connectivity index (χ4n) is 2.92. The molecule has 3 heteroatoms. The molecule has 0 spiro atoms. The van der Waals surface area contributed by atoms with Gasteiger partial charge in [0.2, 0.25) is 0 Å². The molecule has 0 amide bonds. The number of nitrogens with two attached hydrogens (primary N) is 1. The third kappa shape index (κ3) is 2.69. The molecule has 1 aliphatic heterocycles. The van der Waals surface area contributed by atoms with Crippen LogP contribution < -0.4 is 5.73 Å². The zero-order chi connectivity index (χ0) is 10.9. The summed E-state index contributed by atoms with van der Waals surface area (Å²) in [5, 5.41) is 0.